The minimum atomic E-state index is 0. The predicted octanol–water partition coefficient (Wildman–Crippen LogP) is 5.94. The first-order chi connectivity index (χ1) is 13.0. The van der Waals surface area contributed by atoms with Gasteiger partial charge in [0.05, 0.1) is 0 Å². The molecular weight excluding hydrogens is 399 g/mol. The molecule has 0 aliphatic rings. The summed E-state index contributed by atoms with van der Waals surface area (Å²) in [4.78, 5) is 1.43. The molecule has 0 fully saturated rings. The van der Waals surface area contributed by atoms with Gasteiger partial charge < -0.3 is 0 Å². The van der Waals surface area contributed by atoms with Crippen LogP contribution in [0.3, 0.4) is 0 Å². The summed E-state index contributed by atoms with van der Waals surface area (Å²) >= 11 is 2.26. The van der Waals surface area contributed by atoms with E-state index in [9.17, 15) is 0 Å². The summed E-state index contributed by atoms with van der Waals surface area (Å²) in [5.41, 5.74) is 0. The van der Waals surface area contributed by atoms with Crippen LogP contribution in [-0.2, 0) is 33.9 Å². The van der Waals surface area contributed by atoms with Crippen LogP contribution in [0.1, 0.15) is 80.1 Å². The Kier molecular flexibility index (Phi) is 25.2. The van der Waals surface area contributed by atoms with Crippen molar-refractivity contribution in [2.24, 2.45) is 11.8 Å². The molecule has 4 atom stereocenters. The van der Waals surface area contributed by atoms with Crippen LogP contribution in [0.5, 0.6) is 0 Å². The van der Waals surface area contributed by atoms with E-state index in [1.165, 1.54) is 25.7 Å². The fourth-order valence-electron chi connectivity index (χ4n) is 3.13. The zero-order valence-corrected chi connectivity index (χ0v) is 20.7. The molecule has 4 unspecified atom stereocenters. The van der Waals surface area contributed by atoms with E-state index in [1.807, 2.05) is 13.8 Å². The zero-order valence-electron chi connectivity index (χ0n) is 19.7. The Morgan fingerprint density at radius 2 is 1.04 bits per heavy atom. The fourth-order valence-corrected chi connectivity index (χ4v) is 5.06. The van der Waals surface area contributed by atoms with Gasteiger partial charge in [-0.05, 0) is 0 Å². The van der Waals surface area contributed by atoms with E-state index < -0.39 is 0 Å². The Morgan fingerprint density at radius 1 is 0.643 bits per heavy atom. The van der Waals surface area contributed by atoms with Gasteiger partial charge in [0.2, 0.25) is 0 Å². The molecule has 0 heterocycles. The molecule has 6 heteroatoms. The molecule has 0 aromatic heterocycles. The molecular formula is C22H46CuLiO4. The molecule has 0 rings (SSSR count). The van der Waals surface area contributed by atoms with Crippen LogP contribution in [0.2, 0.25) is 9.63 Å². The van der Waals surface area contributed by atoms with Gasteiger partial charge in [-0.25, -0.2) is 0 Å². The van der Waals surface area contributed by atoms with Crippen molar-refractivity contribution in [1.82, 2.24) is 0 Å². The minimum Gasteiger partial charge on any atom is 0 e. The van der Waals surface area contributed by atoms with Crippen molar-refractivity contribution in [3.8, 4) is 0 Å². The number of hydrogen-bond acceptors (Lipinski definition) is 4. The Bertz CT molecular complexity index is 282. The first-order valence-corrected chi connectivity index (χ1v) is 11.9. The van der Waals surface area contributed by atoms with Crippen LogP contribution >= 0.6 is 0 Å². The molecule has 0 aliphatic carbocycles. The average Bonchev–Trinajstić information content (AvgIpc) is 2.60. The topological polar surface area (TPSA) is 36.9 Å². The largest absolute Gasteiger partial charge is 0 e. The second kappa shape index (κ2) is 22.6. The summed E-state index contributed by atoms with van der Waals surface area (Å²) in [6.45, 7) is 17.4. The fraction of sp³-hybridized carbons (Fsp3) is 1.00. The molecule has 0 aromatic carbocycles. The molecule has 0 saturated heterocycles. The van der Waals surface area contributed by atoms with Crippen LogP contribution < -0.4 is 0 Å². The van der Waals surface area contributed by atoms with E-state index in [4.69, 9.17) is 18.9 Å². The third-order valence-electron chi connectivity index (χ3n) is 4.47. The van der Waals surface area contributed by atoms with Crippen molar-refractivity contribution < 1.29 is 33.9 Å². The van der Waals surface area contributed by atoms with E-state index in [1.54, 1.807) is 0 Å². The minimum absolute atomic E-state index is 0. The molecule has 0 spiro atoms. The van der Waals surface area contributed by atoms with Crippen LogP contribution in [-0.4, -0.2) is 58.9 Å². The van der Waals surface area contributed by atoms with Gasteiger partial charge in [0.15, 0.2) is 0 Å². The van der Waals surface area contributed by atoms with Crippen molar-refractivity contribution in [2.75, 3.05) is 40.0 Å². The molecule has 170 valence electrons. The maximum Gasteiger partial charge on any atom is 0 e. The van der Waals surface area contributed by atoms with E-state index in [0.29, 0.717) is 23.2 Å². The van der Waals surface area contributed by atoms with E-state index >= 15 is 0 Å². The van der Waals surface area contributed by atoms with Crippen LogP contribution in [0.25, 0.3) is 0 Å². The van der Waals surface area contributed by atoms with Crippen LogP contribution in [0, 0.1) is 11.8 Å². The van der Waals surface area contributed by atoms with Gasteiger partial charge in [-0.1, -0.05) is 0 Å². The molecule has 0 aliphatic heterocycles. The molecule has 0 bridgehead atoms. The monoisotopic (exact) mass is 444 g/mol. The Hall–Kier alpha value is 0.957. The normalized spacial score (nSPS) is 15.8. The SMILES string of the molecule is CCOCOCCCC(C)C[CH](C)[Cu][CH](C)CC(C)CCCOCOCC.[Li]. The molecule has 1 radical (unpaired) electrons. The third-order valence-corrected chi connectivity index (χ3v) is 5.99. The number of hydrogen-bond donors (Lipinski definition) is 0. The van der Waals surface area contributed by atoms with Crippen LogP contribution in [0.4, 0.5) is 0 Å². The zero-order chi connectivity index (χ0) is 20.3. The Balaban J connectivity index is 0. The molecule has 0 aromatic rings. The standard InChI is InChI=1S/2C11H23O2.Cu.Li/c2*1-4-7-11(3)8-6-9-13-10-12-5-2;;/h2*4,11H,5-10H2,1-3H3;;. The first kappa shape index (κ1) is 31.1. The molecule has 0 N–H and O–H groups in total. The average molecular weight is 445 g/mol. The van der Waals surface area contributed by atoms with Crippen molar-refractivity contribution in [2.45, 2.75) is 89.7 Å². The Morgan fingerprint density at radius 3 is 1.39 bits per heavy atom. The second-order valence-corrected chi connectivity index (χ2v) is 9.69. The molecule has 0 saturated carbocycles. The van der Waals surface area contributed by atoms with Crippen molar-refractivity contribution in [1.29, 1.82) is 0 Å². The second-order valence-electron chi connectivity index (χ2n) is 7.52. The maximum atomic E-state index is 5.45. The van der Waals surface area contributed by atoms with E-state index in [0.717, 1.165) is 51.1 Å². The van der Waals surface area contributed by atoms with Gasteiger partial charge in [0.1, 0.15) is 0 Å². The van der Waals surface area contributed by atoms with Gasteiger partial charge >= 0.3 is 175 Å². The summed E-state index contributed by atoms with van der Waals surface area (Å²) in [6.07, 6.45) is 7.31. The summed E-state index contributed by atoms with van der Waals surface area (Å²) in [5.74, 6) is 1.51. The van der Waals surface area contributed by atoms with Crippen molar-refractivity contribution in [3.05, 3.63) is 0 Å². The van der Waals surface area contributed by atoms with Gasteiger partial charge in [0.25, 0.3) is 0 Å². The summed E-state index contributed by atoms with van der Waals surface area (Å²) in [5, 5.41) is 0. The van der Waals surface area contributed by atoms with E-state index in [2.05, 4.69) is 42.7 Å². The summed E-state index contributed by atoms with van der Waals surface area (Å²) < 4.78 is 21.3. The Labute approximate surface area is 193 Å². The van der Waals surface area contributed by atoms with Gasteiger partial charge in [-0.15, -0.1) is 0 Å². The van der Waals surface area contributed by atoms with Crippen molar-refractivity contribution in [3.63, 3.8) is 0 Å². The quantitative estimate of drug-likeness (QED) is 0.132. The van der Waals surface area contributed by atoms with Gasteiger partial charge in [0, 0.05) is 18.9 Å². The molecule has 28 heavy (non-hydrogen) atoms. The first-order valence-electron chi connectivity index (χ1n) is 10.8. The smallest absolute Gasteiger partial charge is 0 e. The van der Waals surface area contributed by atoms with Gasteiger partial charge in [-0.3, -0.25) is 0 Å². The third kappa shape index (κ3) is 21.7. The molecule has 0 amide bonds. The predicted molar refractivity (Wildman–Crippen MR) is 116 cm³/mol. The summed E-state index contributed by atoms with van der Waals surface area (Å²) in [7, 11) is 0. The number of ether oxygens (including phenoxy) is 4. The van der Waals surface area contributed by atoms with Crippen molar-refractivity contribution >= 4 is 18.9 Å². The van der Waals surface area contributed by atoms with Gasteiger partial charge in [-0.2, -0.15) is 0 Å². The maximum absolute atomic E-state index is 5.45. The molecule has 4 nitrogen and oxygen atoms in total. The number of rotatable bonds is 20. The van der Waals surface area contributed by atoms with Crippen LogP contribution in [0.15, 0.2) is 0 Å². The summed E-state index contributed by atoms with van der Waals surface area (Å²) in [6, 6.07) is 0. The van der Waals surface area contributed by atoms with E-state index in [-0.39, 0.29) is 18.9 Å².